The molecule has 0 aromatic rings. The molecule has 1 rings (SSSR count). The van der Waals surface area contributed by atoms with Crippen LogP contribution in [-0.4, -0.2) is 49.6 Å². The number of ether oxygens (including phenoxy) is 1. The van der Waals surface area contributed by atoms with Gasteiger partial charge in [0.15, 0.2) is 0 Å². The number of esters is 1. The van der Waals surface area contributed by atoms with Gasteiger partial charge in [-0.2, -0.15) is 0 Å². The molecule has 0 spiro atoms. The number of nitrogens with zero attached hydrogens (tertiary/aromatic N) is 1. The molecule has 1 aliphatic heterocycles. The third-order valence-electron chi connectivity index (χ3n) is 2.26. The van der Waals surface area contributed by atoms with E-state index in [1.54, 1.807) is 6.92 Å². The minimum Gasteiger partial charge on any atom is -0.465 e. The summed E-state index contributed by atoms with van der Waals surface area (Å²) in [6, 6.07) is 0.118. The van der Waals surface area contributed by atoms with Crippen LogP contribution < -0.4 is 5.32 Å². The molecule has 5 nitrogen and oxygen atoms in total. The third-order valence-corrected chi connectivity index (χ3v) is 2.26. The monoisotopic (exact) mass is 200 g/mol. The van der Waals surface area contributed by atoms with Gasteiger partial charge in [-0.1, -0.05) is 0 Å². The Balaban J connectivity index is 2.31. The van der Waals surface area contributed by atoms with Crippen molar-refractivity contribution in [3.05, 3.63) is 0 Å². The van der Waals surface area contributed by atoms with E-state index >= 15 is 0 Å². The van der Waals surface area contributed by atoms with Gasteiger partial charge in [0.05, 0.1) is 13.2 Å². The fourth-order valence-electron chi connectivity index (χ4n) is 1.44. The van der Waals surface area contributed by atoms with E-state index in [0.29, 0.717) is 19.6 Å². The number of carbonyl (C=O) groups excluding carboxylic acids is 2. The number of rotatable bonds is 4. The quantitative estimate of drug-likeness (QED) is 0.614. The van der Waals surface area contributed by atoms with E-state index in [2.05, 4.69) is 5.32 Å². The van der Waals surface area contributed by atoms with Crippen molar-refractivity contribution < 1.29 is 14.3 Å². The Morgan fingerprint density at radius 3 is 2.93 bits per heavy atom. The van der Waals surface area contributed by atoms with Gasteiger partial charge >= 0.3 is 5.97 Å². The average Bonchev–Trinajstić information content (AvgIpc) is 2.52. The van der Waals surface area contributed by atoms with Gasteiger partial charge in [0, 0.05) is 19.0 Å². The summed E-state index contributed by atoms with van der Waals surface area (Å²) in [5.74, 6) is -0.194. The number of carbonyl (C=O) groups is 2. The molecule has 0 aromatic heterocycles. The molecule has 1 unspecified atom stereocenters. The Labute approximate surface area is 83.4 Å². The Morgan fingerprint density at radius 1 is 1.71 bits per heavy atom. The lowest BCUT2D eigenvalue weighted by atomic mass is 10.2. The molecule has 0 aliphatic carbocycles. The number of hydrogen-bond donors (Lipinski definition) is 1. The van der Waals surface area contributed by atoms with Crippen molar-refractivity contribution in [3.8, 4) is 0 Å². The van der Waals surface area contributed by atoms with E-state index < -0.39 is 0 Å². The lowest BCUT2D eigenvalue weighted by Gasteiger charge is -2.21. The highest BCUT2D eigenvalue weighted by atomic mass is 16.5. The van der Waals surface area contributed by atoms with Crippen LogP contribution in [-0.2, 0) is 14.3 Å². The standard InChI is InChI=1S/C9H16N2O3/c1-3-14-9(13)6-11(2)7-4-8(12)10-5-7/h7H,3-6H2,1-2H3,(H,10,12). The highest BCUT2D eigenvalue weighted by Gasteiger charge is 2.26. The first-order valence-corrected chi connectivity index (χ1v) is 4.76. The number of nitrogens with one attached hydrogen (secondary N) is 1. The van der Waals surface area contributed by atoms with E-state index in [1.165, 1.54) is 0 Å². The van der Waals surface area contributed by atoms with Crippen LogP contribution in [0, 0.1) is 0 Å². The van der Waals surface area contributed by atoms with Crippen molar-refractivity contribution in [2.45, 2.75) is 19.4 Å². The first kappa shape index (κ1) is 11.0. The summed E-state index contributed by atoms with van der Waals surface area (Å²) >= 11 is 0. The van der Waals surface area contributed by atoms with Crippen LogP contribution in [0.25, 0.3) is 0 Å². The van der Waals surface area contributed by atoms with Crippen LogP contribution >= 0.6 is 0 Å². The molecule has 1 aliphatic rings. The van der Waals surface area contributed by atoms with E-state index in [9.17, 15) is 9.59 Å². The number of likely N-dealkylation sites (N-methyl/N-ethyl adjacent to an activating group) is 1. The maximum atomic E-state index is 11.1. The fourth-order valence-corrected chi connectivity index (χ4v) is 1.44. The molecule has 1 atom stereocenters. The Morgan fingerprint density at radius 2 is 2.43 bits per heavy atom. The highest BCUT2D eigenvalue weighted by molar-refractivity contribution is 5.79. The molecule has 14 heavy (non-hydrogen) atoms. The second-order valence-electron chi connectivity index (χ2n) is 3.38. The van der Waals surface area contributed by atoms with Crippen molar-refractivity contribution in [2.75, 3.05) is 26.7 Å². The first-order chi connectivity index (χ1) is 6.63. The fraction of sp³-hybridized carbons (Fsp3) is 0.778. The summed E-state index contributed by atoms with van der Waals surface area (Å²) in [6.07, 6.45) is 0.468. The second-order valence-corrected chi connectivity index (χ2v) is 3.38. The zero-order chi connectivity index (χ0) is 10.6. The van der Waals surface area contributed by atoms with Crippen LogP contribution in [0.4, 0.5) is 0 Å². The van der Waals surface area contributed by atoms with Crippen molar-refractivity contribution in [1.29, 1.82) is 0 Å². The van der Waals surface area contributed by atoms with E-state index in [-0.39, 0.29) is 24.5 Å². The van der Waals surface area contributed by atoms with Gasteiger partial charge in [-0.05, 0) is 14.0 Å². The number of hydrogen-bond acceptors (Lipinski definition) is 4. The number of amides is 1. The summed E-state index contributed by atoms with van der Waals surface area (Å²) in [4.78, 5) is 23.9. The molecule has 0 saturated carbocycles. The maximum Gasteiger partial charge on any atom is 0.320 e. The van der Waals surface area contributed by atoms with Crippen LogP contribution in [0.5, 0.6) is 0 Å². The molecular formula is C9H16N2O3. The molecule has 80 valence electrons. The first-order valence-electron chi connectivity index (χ1n) is 4.76. The van der Waals surface area contributed by atoms with Gasteiger partial charge < -0.3 is 10.1 Å². The van der Waals surface area contributed by atoms with Crippen LogP contribution in [0.2, 0.25) is 0 Å². The van der Waals surface area contributed by atoms with Gasteiger partial charge in [0.1, 0.15) is 0 Å². The summed E-state index contributed by atoms with van der Waals surface area (Å²) < 4.78 is 4.81. The summed E-state index contributed by atoms with van der Waals surface area (Å²) in [7, 11) is 1.82. The van der Waals surface area contributed by atoms with Crippen molar-refractivity contribution in [1.82, 2.24) is 10.2 Å². The van der Waals surface area contributed by atoms with Crippen molar-refractivity contribution >= 4 is 11.9 Å². The van der Waals surface area contributed by atoms with Gasteiger partial charge in [-0.15, -0.1) is 0 Å². The minimum absolute atomic E-state index is 0.0470. The van der Waals surface area contributed by atoms with Gasteiger partial charge in [0.2, 0.25) is 5.91 Å². The smallest absolute Gasteiger partial charge is 0.320 e. The Bertz CT molecular complexity index is 230. The van der Waals surface area contributed by atoms with Gasteiger partial charge in [-0.3, -0.25) is 14.5 Å². The van der Waals surface area contributed by atoms with E-state index in [4.69, 9.17) is 4.74 Å². The second kappa shape index (κ2) is 4.95. The summed E-state index contributed by atoms with van der Waals surface area (Å²) in [6.45, 7) is 3.04. The molecule has 0 aromatic carbocycles. The van der Waals surface area contributed by atoms with E-state index in [1.807, 2.05) is 11.9 Å². The van der Waals surface area contributed by atoms with Crippen molar-refractivity contribution in [2.24, 2.45) is 0 Å². The van der Waals surface area contributed by atoms with Crippen molar-refractivity contribution in [3.63, 3.8) is 0 Å². The molecular weight excluding hydrogens is 184 g/mol. The molecule has 1 fully saturated rings. The van der Waals surface area contributed by atoms with Crippen LogP contribution in [0.3, 0.4) is 0 Å². The lowest BCUT2D eigenvalue weighted by molar-refractivity contribution is -0.144. The SMILES string of the molecule is CCOC(=O)CN(C)C1CNC(=O)C1. The average molecular weight is 200 g/mol. The lowest BCUT2D eigenvalue weighted by Crippen LogP contribution is -2.37. The zero-order valence-corrected chi connectivity index (χ0v) is 8.58. The topological polar surface area (TPSA) is 58.6 Å². The predicted molar refractivity (Wildman–Crippen MR) is 50.7 cm³/mol. The van der Waals surface area contributed by atoms with Gasteiger partial charge in [-0.25, -0.2) is 0 Å². The highest BCUT2D eigenvalue weighted by Crippen LogP contribution is 2.06. The molecule has 1 saturated heterocycles. The molecule has 1 heterocycles. The molecule has 1 N–H and O–H groups in total. The molecule has 0 radical (unpaired) electrons. The van der Waals surface area contributed by atoms with Gasteiger partial charge in [0.25, 0.3) is 0 Å². The molecule has 1 amide bonds. The predicted octanol–water partition coefficient (Wildman–Crippen LogP) is -0.630. The van der Waals surface area contributed by atoms with E-state index in [0.717, 1.165) is 0 Å². The zero-order valence-electron chi connectivity index (χ0n) is 8.58. The summed E-state index contributed by atoms with van der Waals surface area (Å²) in [5, 5.41) is 2.72. The largest absolute Gasteiger partial charge is 0.465 e. The minimum atomic E-state index is -0.241. The molecule has 5 heteroatoms. The third kappa shape index (κ3) is 2.99. The molecule has 0 bridgehead atoms. The van der Waals surface area contributed by atoms with Crippen LogP contribution in [0.15, 0.2) is 0 Å². The Hall–Kier alpha value is -1.10. The maximum absolute atomic E-state index is 11.1. The normalized spacial score (nSPS) is 21.1. The Kier molecular flexibility index (Phi) is 3.88. The van der Waals surface area contributed by atoms with Crippen LogP contribution in [0.1, 0.15) is 13.3 Å². The summed E-state index contributed by atoms with van der Waals surface area (Å²) in [5.41, 5.74) is 0.